The maximum Gasteiger partial charge on any atom is 0.422 e. The molecule has 2 amide bonds. The summed E-state index contributed by atoms with van der Waals surface area (Å²) in [6.45, 7) is 0.419. The van der Waals surface area contributed by atoms with E-state index in [2.05, 4.69) is 0 Å². The van der Waals surface area contributed by atoms with Crippen molar-refractivity contribution in [1.82, 2.24) is 4.90 Å². The van der Waals surface area contributed by atoms with Crippen LogP contribution in [0, 0.1) is 0 Å². The van der Waals surface area contributed by atoms with E-state index in [0.29, 0.717) is 24.4 Å². The molecule has 1 saturated heterocycles. The number of imide groups is 1. The molecule has 1 aromatic rings. The Morgan fingerprint density at radius 1 is 1.38 bits per heavy atom. The summed E-state index contributed by atoms with van der Waals surface area (Å²) in [6.07, 6.45) is 0.434. The van der Waals surface area contributed by atoms with Crippen LogP contribution in [0.3, 0.4) is 0 Å². The highest BCUT2D eigenvalue weighted by Gasteiger charge is 2.28. The highest BCUT2D eigenvalue weighted by molar-refractivity contribution is 6.32. The van der Waals surface area contributed by atoms with Crippen molar-refractivity contribution in [3.63, 3.8) is 0 Å². The molecule has 16 heavy (non-hydrogen) atoms. The van der Waals surface area contributed by atoms with Gasteiger partial charge in [-0.2, -0.15) is 0 Å². The summed E-state index contributed by atoms with van der Waals surface area (Å²) >= 11 is 5.83. The van der Waals surface area contributed by atoms with E-state index in [1.807, 2.05) is 0 Å². The van der Waals surface area contributed by atoms with Gasteiger partial charge in [0.15, 0.2) is 5.75 Å². The van der Waals surface area contributed by atoms with Gasteiger partial charge in [0.05, 0.1) is 5.02 Å². The highest BCUT2D eigenvalue weighted by Crippen LogP contribution is 2.24. The van der Waals surface area contributed by atoms with Crippen LogP contribution < -0.4 is 4.74 Å². The molecule has 0 spiro atoms. The van der Waals surface area contributed by atoms with Gasteiger partial charge in [0, 0.05) is 13.0 Å². The first kappa shape index (κ1) is 11.0. The summed E-state index contributed by atoms with van der Waals surface area (Å²) in [4.78, 5) is 24.0. The molecule has 0 bridgehead atoms. The number of benzene rings is 1. The van der Waals surface area contributed by atoms with Crippen LogP contribution in [0.5, 0.6) is 5.75 Å². The summed E-state index contributed by atoms with van der Waals surface area (Å²) in [5.41, 5.74) is 0. The first-order valence-corrected chi connectivity index (χ1v) is 5.33. The maximum absolute atomic E-state index is 11.6. The fourth-order valence-corrected chi connectivity index (χ4v) is 1.69. The summed E-state index contributed by atoms with van der Waals surface area (Å²) in [5, 5.41) is 0.350. The summed E-state index contributed by atoms with van der Waals surface area (Å²) in [7, 11) is 0. The van der Waals surface area contributed by atoms with Crippen LogP contribution in [0.1, 0.15) is 12.8 Å². The Morgan fingerprint density at radius 3 is 2.75 bits per heavy atom. The number of nitrogens with zero attached hydrogens (tertiary/aromatic N) is 1. The molecule has 4 nitrogen and oxygen atoms in total. The lowest BCUT2D eigenvalue weighted by Crippen LogP contribution is -2.34. The zero-order chi connectivity index (χ0) is 11.5. The largest absolute Gasteiger partial charge is 0.422 e. The lowest BCUT2D eigenvalue weighted by Gasteiger charge is -2.13. The average molecular weight is 240 g/mol. The summed E-state index contributed by atoms with van der Waals surface area (Å²) < 4.78 is 5.03. The molecule has 84 valence electrons. The fourth-order valence-electron chi connectivity index (χ4n) is 1.52. The second-order valence-corrected chi connectivity index (χ2v) is 3.85. The molecule has 0 unspecified atom stereocenters. The molecule has 1 heterocycles. The zero-order valence-corrected chi connectivity index (χ0v) is 9.24. The predicted molar refractivity (Wildman–Crippen MR) is 58.4 cm³/mol. The van der Waals surface area contributed by atoms with Gasteiger partial charge >= 0.3 is 6.09 Å². The molecule has 0 aromatic heterocycles. The van der Waals surface area contributed by atoms with E-state index in [1.54, 1.807) is 24.3 Å². The number of hydrogen-bond acceptors (Lipinski definition) is 3. The molecule has 0 radical (unpaired) electrons. The van der Waals surface area contributed by atoms with Crippen molar-refractivity contribution in [1.29, 1.82) is 0 Å². The van der Waals surface area contributed by atoms with Crippen LogP contribution in [-0.2, 0) is 4.79 Å². The van der Waals surface area contributed by atoms with Gasteiger partial charge in [0.1, 0.15) is 0 Å². The van der Waals surface area contributed by atoms with Crippen molar-refractivity contribution in [2.45, 2.75) is 12.8 Å². The van der Waals surface area contributed by atoms with Crippen LogP contribution in [0.25, 0.3) is 0 Å². The number of halogens is 1. The van der Waals surface area contributed by atoms with Gasteiger partial charge < -0.3 is 4.74 Å². The normalized spacial score (nSPS) is 15.3. The van der Waals surface area contributed by atoms with Crippen molar-refractivity contribution in [2.24, 2.45) is 0 Å². The van der Waals surface area contributed by atoms with E-state index in [9.17, 15) is 9.59 Å². The van der Waals surface area contributed by atoms with Gasteiger partial charge in [-0.15, -0.1) is 0 Å². The molecular formula is C11H10ClNO3. The van der Waals surface area contributed by atoms with E-state index in [-0.39, 0.29) is 11.7 Å². The molecule has 0 aliphatic carbocycles. The molecule has 1 aliphatic heterocycles. The van der Waals surface area contributed by atoms with Gasteiger partial charge in [-0.05, 0) is 18.6 Å². The molecule has 1 aliphatic rings. The SMILES string of the molecule is O=C1CCCN1C(=O)Oc1ccccc1Cl. The molecule has 1 fully saturated rings. The first-order chi connectivity index (χ1) is 7.68. The quantitative estimate of drug-likeness (QED) is 0.756. The van der Waals surface area contributed by atoms with Gasteiger partial charge in [0.2, 0.25) is 5.91 Å². The van der Waals surface area contributed by atoms with Crippen LogP contribution >= 0.6 is 11.6 Å². The monoisotopic (exact) mass is 239 g/mol. The Bertz CT molecular complexity index is 433. The van der Waals surface area contributed by atoms with Crippen LogP contribution in [0.4, 0.5) is 4.79 Å². The number of para-hydroxylation sites is 1. The highest BCUT2D eigenvalue weighted by atomic mass is 35.5. The Kier molecular flexibility index (Phi) is 3.10. The lowest BCUT2D eigenvalue weighted by molar-refractivity contribution is -0.125. The Hall–Kier alpha value is -1.55. The van der Waals surface area contributed by atoms with Gasteiger partial charge in [0.25, 0.3) is 0 Å². The molecule has 1 aromatic carbocycles. The minimum absolute atomic E-state index is 0.197. The van der Waals surface area contributed by atoms with Gasteiger partial charge in [-0.25, -0.2) is 9.69 Å². The number of likely N-dealkylation sites (tertiary alicyclic amines) is 1. The fraction of sp³-hybridized carbons (Fsp3) is 0.273. The number of ether oxygens (including phenoxy) is 1. The average Bonchev–Trinajstić information content (AvgIpc) is 2.68. The van der Waals surface area contributed by atoms with E-state index < -0.39 is 6.09 Å². The third kappa shape index (κ3) is 2.17. The maximum atomic E-state index is 11.6. The third-order valence-electron chi connectivity index (χ3n) is 2.33. The standard InChI is InChI=1S/C11H10ClNO3/c12-8-4-1-2-5-9(8)16-11(15)13-7-3-6-10(13)14/h1-2,4-5H,3,6-7H2. The van der Waals surface area contributed by atoms with E-state index in [1.165, 1.54) is 0 Å². The summed E-state index contributed by atoms with van der Waals surface area (Å²) in [6, 6.07) is 6.65. The molecule has 0 saturated carbocycles. The van der Waals surface area contributed by atoms with Crippen molar-refractivity contribution < 1.29 is 14.3 Å². The minimum atomic E-state index is -0.657. The molecule has 5 heteroatoms. The number of rotatable bonds is 1. The van der Waals surface area contributed by atoms with Gasteiger partial charge in [-0.3, -0.25) is 4.79 Å². The topological polar surface area (TPSA) is 46.6 Å². The van der Waals surface area contributed by atoms with Crippen molar-refractivity contribution >= 4 is 23.6 Å². The van der Waals surface area contributed by atoms with E-state index in [4.69, 9.17) is 16.3 Å². The third-order valence-corrected chi connectivity index (χ3v) is 2.64. The van der Waals surface area contributed by atoms with Crippen molar-refractivity contribution in [2.75, 3.05) is 6.54 Å². The molecular weight excluding hydrogens is 230 g/mol. The zero-order valence-electron chi connectivity index (χ0n) is 8.48. The summed E-state index contributed by atoms with van der Waals surface area (Å²) in [5.74, 6) is 0.0749. The van der Waals surface area contributed by atoms with Gasteiger partial charge in [-0.1, -0.05) is 23.7 Å². The van der Waals surface area contributed by atoms with Crippen LogP contribution in [-0.4, -0.2) is 23.4 Å². The second-order valence-electron chi connectivity index (χ2n) is 3.45. The van der Waals surface area contributed by atoms with E-state index >= 15 is 0 Å². The lowest BCUT2D eigenvalue weighted by atomic mass is 10.3. The number of hydrogen-bond donors (Lipinski definition) is 0. The Balaban J connectivity index is 2.08. The van der Waals surface area contributed by atoms with Crippen LogP contribution in [0.15, 0.2) is 24.3 Å². The second kappa shape index (κ2) is 4.53. The smallest absolute Gasteiger partial charge is 0.408 e. The minimum Gasteiger partial charge on any atom is -0.408 e. The molecule has 0 N–H and O–H groups in total. The predicted octanol–water partition coefficient (Wildman–Crippen LogP) is 2.46. The van der Waals surface area contributed by atoms with E-state index in [0.717, 1.165) is 4.90 Å². The Labute approximate surface area is 97.7 Å². The number of amides is 2. The van der Waals surface area contributed by atoms with Crippen LogP contribution in [0.2, 0.25) is 5.02 Å². The molecule has 0 atom stereocenters. The molecule has 2 rings (SSSR count). The number of carbonyl (C=O) groups excluding carboxylic acids is 2. The van der Waals surface area contributed by atoms with Crippen molar-refractivity contribution in [3.05, 3.63) is 29.3 Å². The first-order valence-electron chi connectivity index (χ1n) is 4.95. The Morgan fingerprint density at radius 2 is 2.12 bits per heavy atom. The number of carbonyl (C=O) groups is 2. The van der Waals surface area contributed by atoms with Crippen molar-refractivity contribution in [3.8, 4) is 5.75 Å².